The van der Waals surface area contributed by atoms with Crippen molar-refractivity contribution in [2.45, 2.75) is 32.2 Å². The van der Waals surface area contributed by atoms with Crippen LogP contribution in [0.25, 0.3) is 5.69 Å². The molecule has 1 aliphatic heterocycles. The van der Waals surface area contributed by atoms with E-state index in [1.54, 1.807) is 44.2 Å². The summed E-state index contributed by atoms with van der Waals surface area (Å²) in [4.78, 5) is 27.8. The maximum Gasteiger partial charge on any atom is 0.422 e. The fourth-order valence-corrected chi connectivity index (χ4v) is 4.17. The molecule has 1 N–H and O–H groups in total. The van der Waals surface area contributed by atoms with Crippen molar-refractivity contribution < 1.29 is 27.8 Å². The minimum atomic E-state index is -4.56. The Morgan fingerprint density at radius 2 is 1.71 bits per heavy atom. The highest BCUT2D eigenvalue weighted by Gasteiger charge is 2.34. The fraction of sp³-hybridized carbons (Fsp3) is 0.250. The molecular formula is C24H20BrF3N2O4. The monoisotopic (exact) mass is 536 g/mol. The number of anilines is 1. The normalized spacial score (nSPS) is 13.9. The number of ether oxygens (including phenoxy) is 1. The van der Waals surface area contributed by atoms with E-state index in [-0.39, 0.29) is 33.9 Å². The Morgan fingerprint density at radius 3 is 2.32 bits per heavy atom. The van der Waals surface area contributed by atoms with Crippen LogP contribution in [0.3, 0.4) is 0 Å². The zero-order valence-corrected chi connectivity index (χ0v) is 19.8. The van der Waals surface area contributed by atoms with E-state index in [0.717, 1.165) is 0 Å². The van der Waals surface area contributed by atoms with Crippen LogP contribution in [0.5, 0.6) is 5.75 Å². The molecule has 2 aromatic carbocycles. The summed E-state index contributed by atoms with van der Waals surface area (Å²) < 4.78 is 44.5. The summed E-state index contributed by atoms with van der Waals surface area (Å²) in [6.07, 6.45) is -4.56. The third kappa shape index (κ3) is 4.60. The predicted octanol–water partition coefficient (Wildman–Crippen LogP) is 4.93. The number of aliphatic hydroxyl groups is 1. The van der Waals surface area contributed by atoms with Gasteiger partial charge in [0, 0.05) is 5.69 Å². The van der Waals surface area contributed by atoms with Crippen LogP contribution in [-0.2, 0) is 12.1 Å². The first-order chi connectivity index (χ1) is 15.9. The number of hydrogen-bond donors (Lipinski definition) is 1. The van der Waals surface area contributed by atoms with Crippen LogP contribution in [0.15, 0.2) is 63.9 Å². The van der Waals surface area contributed by atoms with Gasteiger partial charge in [-0.1, -0.05) is 24.3 Å². The topological polar surface area (TPSA) is 71.8 Å². The summed E-state index contributed by atoms with van der Waals surface area (Å²) >= 11 is 3.17. The SMILES string of the molecule is CC(C)(O)c1ccc(N2Cc3c(cc(Br)c(=O)n3-c3ccccc3OCC(F)(F)F)C2=O)cc1. The minimum absolute atomic E-state index is 0.0200. The van der Waals surface area contributed by atoms with Crippen LogP contribution in [0.4, 0.5) is 18.9 Å². The molecular weight excluding hydrogens is 517 g/mol. The zero-order valence-electron chi connectivity index (χ0n) is 18.2. The summed E-state index contributed by atoms with van der Waals surface area (Å²) in [6, 6.07) is 14.1. The Kier molecular flexibility index (Phi) is 6.07. The molecule has 1 aliphatic rings. The molecule has 4 rings (SSSR count). The molecule has 6 nitrogen and oxygen atoms in total. The van der Waals surface area contributed by atoms with Gasteiger partial charge in [-0.3, -0.25) is 14.2 Å². The van der Waals surface area contributed by atoms with E-state index in [0.29, 0.717) is 16.9 Å². The van der Waals surface area contributed by atoms with Crippen LogP contribution in [0.2, 0.25) is 0 Å². The second-order valence-electron chi connectivity index (χ2n) is 8.36. The quantitative estimate of drug-likeness (QED) is 0.502. The minimum Gasteiger partial charge on any atom is -0.482 e. The molecule has 0 unspecified atom stereocenters. The summed E-state index contributed by atoms with van der Waals surface area (Å²) in [6.45, 7) is 1.79. The Bertz CT molecular complexity index is 1310. The molecule has 1 amide bonds. The first-order valence-corrected chi connectivity index (χ1v) is 11.0. The first-order valence-electron chi connectivity index (χ1n) is 10.2. The van der Waals surface area contributed by atoms with E-state index in [2.05, 4.69) is 15.9 Å². The number of rotatable bonds is 5. The third-order valence-corrected chi connectivity index (χ3v) is 5.99. The van der Waals surface area contributed by atoms with Gasteiger partial charge in [-0.15, -0.1) is 0 Å². The second kappa shape index (κ2) is 8.59. The Hall–Kier alpha value is -3.11. The van der Waals surface area contributed by atoms with Crippen molar-refractivity contribution in [3.05, 3.63) is 86.2 Å². The zero-order chi connectivity index (χ0) is 24.8. The van der Waals surface area contributed by atoms with Crippen molar-refractivity contribution in [1.82, 2.24) is 4.57 Å². The first kappa shape index (κ1) is 24.0. The molecule has 2 heterocycles. The van der Waals surface area contributed by atoms with Gasteiger partial charge in [0.15, 0.2) is 6.61 Å². The van der Waals surface area contributed by atoms with Gasteiger partial charge in [0.2, 0.25) is 0 Å². The van der Waals surface area contributed by atoms with E-state index in [1.807, 2.05) is 0 Å². The van der Waals surface area contributed by atoms with Crippen molar-refractivity contribution in [3.63, 3.8) is 0 Å². The number of aromatic nitrogens is 1. The van der Waals surface area contributed by atoms with Crippen LogP contribution in [0, 0.1) is 0 Å². The molecule has 0 saturated heterocycles. The highest BCUT2D eigenvalue weighted by molar-refractivity contribution is 9.10. The van der Waals surface area contributed by atoms with Gasteiger partial charge in [-0.25, -0.2) is 0 Å². The standard InChI is InChI=1S/C24H20BrF3N2O4/c1-23(2,33)14-7-9-15(10-8-14)29-12-19-16(21(29)31)11-17(25)22(32)30(19)18-5-3-4-6-20(18)34-13-24(26,27)28/h3-11,33H,12-13H2,1-2H3. The van der Waals surface area contributed by atoms with E-state index in [1.165, 1.54) is 33.7 Å². The molecule has 34 heavy (non-hydrogen) atoms. The predicted molar refractivity (Wildman–Crippen MR) is 123 cm³/mol. The molecule has 0 spiro atoms. The van der Waals surface area contributed by atoms with Gasteiger partial charge in [0.05, 0.1) is 33.6 Å². The number of carbonyl (C=O) groups is 1. The van der Waals surface area contributed by atoms with E-state index in [4.69, 9.17) is 4.74 Å². The molecule has 0 fully saturated rings. The van der Waals surface area contributed by atoms with Crippen molar-refractivity contribution in [1.29, 1.82) is 0 Å². The molecule has 0 saturated carbocycles. The fourth-order valence-electron chi connectivity index (χ4n) is 3.77. The Morgan fingerprint density at radius 1 is 1.06 bits per heavy atom. The lowest BCUT2D eigenvalue weighted by Gasteiger charge is -2.21. The average Bonchev–Trinajstić information content (AvgIpc) is 3.08. The lowest BCUT2D eigenvalue weighted by molar-refractivity contribution is -0.153. The van der Waals surface area contributed by atoms with Gasteiger partial charge in [0.1, 0.15) is 5.75 Å². The number of amides is 1. The maximum atomic E-state index is 13.2. The summed E-state index contributed by atoms with van der Waals surface area (Å²) in [5, 5.41) is 10.2. The van der Waals surface area contributed by atoms with Crippen LogP contribution in [0.1, 0.15) is 35.5 Å². The molecule has 10 heteroatoms. The molecule has 0 radical (unpaired) electrons. The number of nitrogens with zero attached hydrogens (tertiary/aromatic N) is 2. The summed E-state index contributed by atoms with van der Waals surface area (Å²) in [5.74, 6) is -0.503. The van der Waals surface area contributed by atoms with E-state index >= 15 is 0 Å². The van der Waals surface area contributed by atoms with Gasteiger partial charge < -0.3 is 14.7 Å². The number of benzene rings is 2. The maximum absolute atomic E-state index is 13.2. The van der Waals surface area contributed by atoms with Crippen molar-refractivity contribution in [2.75, 3.05) is 11.5 Å². The Balaban J connectivity index is 1.78. The van der Waals surface area contributed by atoms with Crippen LogP contribution in [-0.4, -0.2) is 28.4 Å². The highest BCUT2D eigenvalue weighted by Crippen LogP contribution is 2.34. The molecule has 0 atom stereocenters. The number of alkyl halides is 3. The van der Waals surface area contributed by atoms with Crippen molar-refractivity contribution in [2.24, 2.45) is 0 Å². The lowest BCUT2D eigenvalue weighted by Crippen LogP contribution is -2.25. The van der Waals surface area contributed by atoms with Gasteiger partial charge in [-0.2, -0.15) is 13.2 Å². The van der Waals surface area contributed by atoms with Crippen molar-refractivity contribution >= 4 is 27.5 Å². The molecule has 1 aromatic heterocycles. The number of carbonyl (C=O) groups excluding carboxylic acids is 1. The second-order valence-corrected chi connectivity index (χ2v) is 9.22. The van der Waals surface area contributed by atoms with Crippen molar-refractivity contribution in [3.8, 4) is 11.4 Å². The third-order valence-electron chi connectivity index (χ3n) is 5.43. The molecule has 3 aromatic rings. The van der Waals surface area contributed by atoms with Gasteiger partial charge in [0.25, 0.3) is 11.5 Å². The smallest absolute Gasteiger partial charge is 0.422 e. The van der Waals surface area contributed by atoms with E-state index < -0.39 is 23.9 Å². The number of fused-ring (bicyclic) bond motifs is 1. The van der Waals surface area contributed by atoms with Crippen LogP contribution >= 0.6 is 15.9 Å². The number of pyridine rings is 1. The molecule has 178 valence electrons. The number of hydrogen-bond acceptors (Lipinski definition) is 4. The van der Waals surface area contributed by atoms with Gasteiger partial charge in [-0.05, 0) is 65.7 Å². The van der Waals surface area contributed by atoms with Crippen LogP contribution < -0.4 is 15.2 Å². The highest BCUT2D eigenvalue weighted by atomic mass is 79.9. The van der Waals surface area contributed by atoms with Gasteiger partial charge >= 0.3 is 6.18 Å². The average molecular weight is 537 g/mol. The summed E-state index contributed by atoms with van der Waals surface area (Å²) in [7, 11) is 0. The largest absolute Gasteiger partial charge is 0.482 e. The number of para-hydroxylation sites is 2. The van der Waals surface area contributed by atoms with E-state index in [9.17, 15) is 27.9 Å². The number of halogens is 4. The summed E-state index contributed by atoms with van der Waals surface area (Å²) in [5.41, 5.74) is 0.288. The lowest BCUT2D eigenvalue weighted by atomic mass is 9.98. The molecule has 0 aliphatic carbocycles. The Labute approximate surface area is 201 Å². The molecule has 0 bridgehead atoms.